The molecule has 0 bridgehead atoms. The van der Waals surface area contributed by atoms with Crippen LogP contribution in [0.15, 0.2) is 6.07 Å². The molecule has 2 aliphatic rings. The first-order valence-corrected chi connectivity index (χ1v) is 6.30. The number of fused-ring (bicyclic) bond motifs is 3. The minimum atomic E-state index is -0.653. The fourth-order valence-corrected chi connectivity index (χ4v) is 2.60. The summed E-state index contributed by atoms with van der Waals surface area (Å²) in [6.45, 7) is 0.161. The smallest absolute Gasteiger partial charge is 0.347 e. The molecule has 0 aliphatic carbocycles. The first-order valence-electron chi connectivity index (χ1n) is 6.30. The van der Waals surface area contributed by atoms with Gasteiger partial charge in [0.1, 0.15) is 18.1 Å². The molecule has 2 heterocycles. The topological polar surface area (TPSA) is 71.1 Å². The van der Waals surface area contributed by atoms with Crippen molar-refractivity contribution in [2.75, 3.05) is 14.2 Å². The summed E-state index contributed by atoms with van der Waals surface area (Å²) >= 11 is 0. The summed E-state index contributed by atoms with van der Waals surface area (Å²) in [5.74, 6) is 0.287. The number of hydrogen-bond acceptors (Lipinski definition) is 6. The van der Waals surface area contributed by atoms with Crippen molar-refractivity contribution in [3.63, 3.8) is 0 Å². The molecule has 6 heteroatoms. The van der Waals surface area contributed by atoms with Crippen LogP contribution >= 0.6 is 0 Å². The Labute approximate surface area is 115 Å². The third-order valence-corrected chi connectivity index (χ3v) is 3.61. The summed E-state index contributed by atoms with van der Waals surface area (Å²) in [6.07, 6.45) is 0.489. The van der Waals surface area contributed by atoms with Crippen molar-refractivity contribution < 1.29 is 28.5 Å². The van der Waals surface area contributed by atoms with E-state index in [0.29, 0.717) is 35.5 Å². The Bertz CT molecular complexity index is 592. The van der Waals surface area contributed by atoms with Crippen molar-refractivity contribution >= 4 is 11.9 Å². The maximum absolute atomic E-state index is 11.7. The number of benzene rings is 1. The van der Waals surface area contributed by atoms with Gasteiger partial charge in [0.25, 0.3) is 0 Å². The second-order valence-electron chi connectivity index (χ2n) is 4.66. The van der Waals surface area contributed by atoms with Crippen molar-refractivity contribution in [2.24, 2.45) is 0 Å². The Morgan fingerprint density at radius 3 is 2.85 bits per heavy atom. The van der Waals surface area contributed by atoms with Crippen molar-refractivity contribution in [1.82, 2.24) is 0 Å². The minimum absolute atomic E-state index is 0.161. The van der Waals surface area contributed by atoms with E-state index in [1.165, 1.54) is 14.2 Å². The van der Waals surface area contributed by atoms with Crippen LogP contribution in [-0.2, 0) is 27.3 Å². The summed E-state index contributed by atoms with van der Waals surface area (Å²) in [5.41, 5.74) is 1.98. The second kappa shape index (κ2) is 4.70. The van der Waals surface area contributed by atoms with Gasteiger partial charge in [-0.1, -0.05) is 0 Å². The molecule has 1 aromatic carbocycles. The Balaban J connectivity index is 2.08. The normalized spacial score (nSPS) is 19.5. The molecule has 0 amide bonds. The van der Waals surface area contributed by atoms with E-state index >= 15 is 0 Å². The number of ether oxygens (including phenoxy) is 4. The third kappa shape index (κ3) is 1.79. The van der Waals surface area contributed by atoms with Gasteiger partial charge < -0.3 is 18.9 Å². The molecule has 1 atom stereocenters. The monoisotopic (exact) mass is 278 g/mol. The zero-order valence-corrected chi connectivity index (χ0v) is 11.2. The van der Waals surface area contributed by atoms with Crippen LogP contribution in [0.3, 0.4) is 0 Å². The minimum Gasteiger partial charge on any atom is -0.496 e. The summed E-state index contributed by atoms with van der Waals surface area (Å²) in [6, 6.07) is 1.67. The Kier molecular flexibility index (Phi) is 3.00. The lowest BCUT2D eigenvalue weighted by atomic mass is 9.95. The van der Waals surface area contributed by atoms with Gasteiger partial charge in [-0.25, -0.2) is 9.59 Å². The third-order valence-electron chi connectivity index (χ3n) is 3.61. The predicted octanol–water partition coefficient (Wildman–Crippen LogP) is 1.23. The molecule has 1 unspecified atom stereocenters. The van der Waals surface area contributed by atoms with Gasteiger partial charge in [0, 0.05) is 11.1 Å². The van der Waals surface area contributed by atoms with Crippen LogP contribution < -0.4 is 9.47 Å². The molecule has 0 saturated carbocycles. The van der Waals surface area contributed by atoms with E-state index in [4.69, 9.17) is 18.9 Å². The molecular formula is C14H14O6. The zero-order valence-electron chi connectivity index (χ0n) is 11.2. The van der Waals surface area contributed by atoms with E-state index < -0.39 is 18.0 Å². The summed E-state index contributed by atoms with van der Waals surface area (Å²) in [5, 5.41) is 0. The lowest BCUT2D eigenvalue weighted by Gasteiger charge is -2.27. The molecule has 106 valence electrons. The highest BCUT2D eigenvalue weighted by Gasteiger charge is 2.35. The Hall–Kier alpha value is -2.24. The fourth-order valence-electron chi connectivity index (χ4n) is 2.60. The van der Waals surface area contributed by atoms with Crippen molar-refractivity contribution in [3.05, 3.63) is 22.8 Å². The molecule has 0 radical (unpaired) electrons. The number of esters is 2. The summed E-state index contributed by atoms with van der Waals surface area (Å²) < 4.78 is 20.8. The van der Waals surface area contributed by atoms with Gasteiger partial charge in [-0.2, -0.15) is 0 Å². The molecule has 20 heavy (non-hydrogen) atoms. The highest BCUT2D eigenvalue weighted by atomic mass is 16.6. The van der Waals surface area contributed by atoms with Crippen molar-refractivity contribution in [1.29, 1.82) is 0 Å². The standard InChI is InChI=1S/C14H14O6/c1-17-11-5-8-9(6-19-13(8)15)12-7(11)3-4-10(20-12)14(16)18-2/h5,10H,3-4,6H2,1-2H3. The lowest BCUT2D eigenvalue weighted by molar-refractivity contribution is -0.149. The van der Waals surface area contributed by atoms with Gasteiger partial charge in [-0.3, -0.25) is 0 Å². The molecule has 0 fully saturated rings. The maximum Gasteiger partial charge on any atom is 0.347 e. The molecule has 1 aromatic rings. The number of rotatable bonds is 2. The first-order chi connectivity index (χ1) is 9.65. The summed E-state index contributed by atoms with van der Waals surface area (Å²) in [4.78, 5) is 23.3. The highest BCUT2D eigenvalue weighted by Crippen LogP contribution is 2.42. The predicted molar refractivity (Wildman–Crippen MR) is 66.9 cm³/mol. The molecule has 6 nitrogen and oxygen atoms in total. The van der Waals surface area contributed by atoms with Crippen molar-refractivity contribution in [3.8, 4) is 11.5 Å². The molecule has 0 aromatic heterocycles. The number of carbonyl (C=O) groups excluding carboxylic acids is 2. The second-order valence-corrected chi connectivity index (χ2v) is 4.66. The highest BCUT2D eigenvalue weighted by molar-refractivity contribution is 5.95. The zero-order chi connectivity index (χ0) is 14.3. The van der Waals surface area contributed by atoms with Crippen LogP contribution in [0, 0.1) is 0 Å². The SMILES string of the molecule is COC(=O)C1CCc2c(OC)cc3c(c2O1)COC3=O. The molecule has 0 saturated heterocycles. The molecule has 0 spiro atoms. The number of cyclic esters (lactones) is 1. The molecule has 0 N–H and O–H groups in total. The average molecular weight is 278 g/mol. The van der Waals surface area contributed by atoms with Gasteiger partial charge >= 0.3 is 11.9 Å². The van der Waals surface area contributed by atoms with E-state index in [1.54, 1.807) is 6.07 Å². The van der Waals surface area contributed by atoms with Gasteiger partial charge in [0.2, 0.25) is 0 Å². The molecule has 2 aliphatic heterocycles. The van der Waals surface area contributed by atoms with E-state index in [0.717, 1.165) is 5.56 Å². The Morgan fingerprint density at radius 2 is 2.15 bits per heavy atom. The van der Waals surface area contributed by atoms with Gasteiger partial charge in [0.05, 0.1) is 19.8 Å². The fraction of sp³-hybridized carbons (Fsp3) is 0.429. The number of hydrogen-bond donors (Lipinski definition) is 0. The maximum atomic E-state index is 11.7. The van der Waals surface area contributed by atoms with Crippen LogP contribution in [0.25, 0.3) is 0 Å². The van der Waals surface area contributed by atoms with Crippen LogP contribution in [0.2, 0.25) is 0 Å². The van der Waals surface area contributed by atoms with Gasteiger partial charge in [-0.05, 0) is 18.9 Å². The van der Waals surface area contributed by atoms with E-state index in [1.807, 2.05) is 0 Å². The molecular weight excluding hydrogens is 264 g/mol. The van der Waals surface area contributed by atoms with Crippen LogP contribution in [0.5, 0.6) is 11.5 Å². The van der Waals surface area contributed by atoms with E-state index in [9.17, 15) is 9.59 Å². The molecule has 3 rings (SSSR count). The first kappa shape index (κ1) is 12.8. The summed E-state index contributed by atoms with van der Waals surface area (Å²) in [7, 11) is 2.86. The van der Waals surface area contributed by atoms with Crippen LogP contribution in [0.4, 0.5) is 0 Å². The van der Waals surface area contributed by atoms with Crippen LogP contribution in [0.1, 0.15) is 27.9 Å². The van der Waals surface area contributed by atoms with E-state index in [-0.39, 0.29) is 6.61 Å². The Morgan fingerprint density at radius 1 is 1.35 bits per heavy atom. The van der Waals surface area contributed by atoms with Crippen molar-refractivity contribution in [2.45, 2.75) is 25.6 Å². The van der Waals surface area contributed by atoms with Crippen LogP contribution in [-0.4, -0.2) is 32.3 Å². The van der Waals surface area contributed by atoms with Gasteiger partial charge in [0.15, 0.2) is 6.10 Å². The lowest BCUT2D eigenvalue weighted by Crippen LogP contribution is -2.32. The largest absolute Gasteiger partial charge is 0.496 e. The van der Waals surface area contributed by atoms with Gasteiger partial charge in [-0.15, -0.1) is 0 Å². The number of methoxy groups -OCH3 is 2. The number of carbonyl (C=O) groups is 2. The quantitative estimate of drug-likeness (QED) is 0.758. The van der Waals surface area contributed by atoms with E-state index in [2.05, 4.69) is 0 Å². The average Bonchev–Trinajstić information content (AvgIpc) is 2.86.